The lowest BCUT2D eigenvalue weighted by atomic mass is 10.1. The van der Waals surface area contributed by atoms with Crippen LogP contribution in [0.15, 0.2) is 53.1 Å². The fourth-order valence-corrected chi connectivity index (χ4v) is 3.50. The van der Waals surface area contributed by atoms with Crippen molar-refractivity contribution in [2.75, 3.05) is 20.8 Å². The molecule has 0 saturated carbocycles. The fraction of sp³-hybridized carbons (Fsp3) is 0.250. The second-order valence-electron chi connectivity index (χ2n) is 7.27. The number of nitrogens with zero attached hydrogens (tertiary/aromatic N) is 1. The molecule has 0 bridgehead atoms. The van der Waals surface area contributed by atoms with Crippen molar-refractivity contribution in [1.29, 1.82) is 0 Å². The molecular weight excluding hydrogens is 444 g/mol. The van der Waals surface area contributed by atoms with Crippen LogP contribution in [0.25, 0.3) is 17.3 Å². The summed E-state index contributed by atoms with van der Waals surface area (Å²) in [6.45, 7) is 2.59. The van der Waals surface area contributed by atoms with Crippen molar-refractivity contribution in [2.45, 2.75) is 19.8 Å². The van der Waals surface area contributed by atoms with Crippen LogP contribution in [0.5, 0.6) is 5.75 Å². The number of carbonyl (C=O) groups excluding carboxylic acids is 1. The fourth-order valence-electron chi connectivity index (χ4n) is 3.23. The largest absolute Gasteiger partial charge is 0.497 e. The van der Waals surface area contributed by atoms with E-state index in [9.17, 15) is 4.79 Å². The summed E-state index contributed by atoms with van der Waals surface area (Å²) >= 11 is 6.22. The number of amides is 1. The Hall–Kier alpha value is -3.17. The Balaban J connectivity index is 1.65. The van der Waals surface area contributed by atoms with Gasteiger partial charge in [0.25, 0.3) is 5.91 Å². The molecule has 2 aromatic carbocycles. The van der Waals surface area contributed by atoms with E-state index >= 15 is 0 Å². The number of aryl methyl sites for hydroxylation is 1. The van der Waals surface area contributed by atoms with E-state index in [-0.39, 0.29) is 0 Å². The normalized spacial score (nSPS) is 12.2. The van der Waals surface area contributed by atoms with E-state index in [1.165, 1.54) is 0 Å². The Morgan fingerprint density at radius 1 is 1.24 bits per heavy atom. The molecule has 0 aliphatic rings. The summed E-state index contributed by atoms with van der Waals surface area (Å²) in [7, 11) is 3.22. The molecule has 0 saturated heterocycles. The van der Waals surface area contributed by atoms with Crippen LogP contribution >= 0.6 is 11.6 Å². The molecule has 1 amide bonds. The van der Waals surface area contributed by atoms with E-state index in [2.05, 4.69) is 15.8 Å². The van der Waals surface area contributed by atoms with Crippen molar-refractivity contribution >= 4 is 23.6 Å². The minimum absolute atomic E-state index is 0.325. The van der Waals surface area contributed by atoms with E-state index in [0.717, 1.165) is 16.7 Å². The Morgan fingerprint density at radius 3 is 2.70 bits per heavy atom. The molecule has 1 atom stereocenters. The average Bonchev–Trinajstić information content (AvgIpc) is 3.19. The molecule has 3 rings (SSSR count). The third kappa shape index (κ3) is 6.66. The molecule has 174 valence electrons. The van der Waals surface area contributed by atoms with Crippen molar-refractivity contribution in [3.05, 3.63) is 76.0 Å². The third-order valence-corrected chi connectivity index (χ3v) is 5.04. The van der Waals surface area contributed by atoms with Crippen molar-refractivity contribution in [1.82, 2.24) is 15.8 Å². The van der Waals surface area contributed by atoms with Crippen LogP contribution in [-0.2, 0) is 11.3 Å². The molecular formula is C24H27ClN4O4. The molecule has 0 aliphatic heterocycles. The number of carbonyl (C=O) groups is 1. The highest BCUT2D eigenvalue weighted by Crippen LogP contribution is 2.27. The summed E-state index contributed by atoms with van der Waals surface area (Å²) in [5, 5.41) is 10.5. The number of hydrogen-bond acceptors (Lipinski definition) is 7. The molecule has 0 aliphatic carbocycles. The van der Waals surface area contributed by atoms with E-state index in [1.54, 1.807) is 33.3 Å². The maximum atomic E-state index is 12.9. The summed E-state index contributed by atoms with van der Waals surface area (Å²) in [4.78, 5) is 12.9. The highest BCUT2D eigenvalue weighted by Gasteiger charge is 2.23. The smallest absolute Gasteiger partial charge is 0.259 e. The number of nitrogens with one attached hydrogen (secondary N) is 2. The Morgan fingerprint density at radius 2 is 2.00 bits per heavy atom. The average molecular weight is 471 g/mol. The summed E-state index contributed by atoms with van der Waals surface area (Å²) in [6.07, 6.45) is 3.02. The number of methoxy groups -OCH3 is 2. The summed E-state index contributed by atoms with van der Waals surface area (Å²) in [5.41, 5.74) is 9.46. The maximum absolute atomic E-state index is 12.9. The summed E-state index contributed by atoms with van der Waals surface area (Å²) in [6, 6.07) is 12.9. The van der Waals surface area contributed by atoms with Gasteiger partial charge in [-0.25, -0.2) is 0 Å². The highest BCUT2D eigenvalue weighted by molar-refractivity contribution is 6.30. The highest BCUT2D eigenvalue weighted by atomic mass is 35.5. The number of aromatic nitrogens is 1. The van der Waals surface area contributed by atoms with E-state index < -0.39 is 12.2 Å². The number of benzene rings is 2. The Bertz CT molecular complexity index is 1110. The first-order valence-corrected chi connectivity index (χ1v) is 10.6. The molecule has 1 aromatic heterocycles. The predicted molar refractivity (Wildman–Crippen MR) is 128 cm³/mol. The first-order chi connectivity index (χ1) is 15.9. The first-order valence-electron chi connectivity index (χ1n) is 10.3. The van der Waals surface area contributed by atoms with Crippen molar-refractivity contribution in [3.63, 3.8) is 0 Å². The minimum atomic E-state index is -0.804. The molecule has 1 heterocycles. The quantitative estimate of drug-likeness (QED) is 0.387. The van der Waals surface area contributed by atoms with Gasteiger partial charge in [0.2, 0.25) is 0 Å². The van der Waals surface area contributed by atoms with Crippen molar-refractivity contribution in [3.8, 4) is 17.0 Å². The van der Waals surface area contributed by atoms with Crippen LogP contribution in [0.3, 0.4) is 0 Å². The molecule has 0 radical (unpaired) electrons. The zero-order valence-electron chi connectivity index (χ0n) is 18.7. The van der Waals surface area contributed by atoms with Gasteiger partial charge in [-0.2, -0.15) is 0 Å². The zero-order chi connectivity index (χ0) is 23.8. The van der Waals surface area contributed by atoms with Crippen molar-refractivity contribution < 1.29 is 18.8 Å². The van der Waals surface area contributed by atoms with Gasteiger partial charge in [0.15, 0.2) is 0 Å². The lowest BCUT2D eigenvalue weighted by Gasteiger charge is -2.16. The SMILES string of the molecule is COC/C=C/c1cc(Cl)cc(CNC(N)NC(=O)c2c(-c3ccc(OC)cc3)noc2C)c1. The lowest BCUT2D eigenvalue weighted by molar-refractivity contribution is 0.0929. The monoisotopic (exact) mass is 470 g/mol. The maximum Gasteiger partial charge on any atom is 0.259 e. The standard InChI is InChI=1S/C24H27ClN4O4/c1-15-21(22(29-33-15)18-6-8-20(32-3)9-7-18)23(30)28-24(26)27-14-17-11-16(5-4-10-31-2)12-19(25)13-17/h4-9,11-13,24,27H,10,14,26H2,1-3H3,(H,28,30)/b5-4+. The topological polar surface area (TPSA) is 112 Å². The summed E-state index contributed by atoms with van der Waals surface area (Å²) in [5.74, 6) is 0.705. The molecule has 4 N–H and O–H groups in total. The number of ether oxygens (including phenoxy) is 2. The molecule has 9 heteroatoms. The number of rotatable bonds is 10. The van der Waals surface area contributed by atoms with Crippen molar-refractivity contribution in [2.24, 2.45) is 5.73 Å². The zero-order valence-corrected chi connectivity index (χ0v) is 19.5. The summed E-state index contributed by atoms with van der Waals surface area (Å²) < 4.78 is 15.5. The third-order valence-electron chi connectivity index (χ3n) is 4.82. The molecule has 3 aromatic rings. The van der Waals surface area contributed by atoms with Gasteiger partial charge in [-0.05, 0) is 54.4 Å². The number of halogens is 1. The van der Waals surface area contributed by atoms with E-state index in [1.807, 2.05) is 42.5 Å². The van der Waals surface area contributed by atoms with Gasteiger partial charge in [0, 0.05) is 24.2 Å². The molecule has 0 fully saturated rings. The lowest BCUT2D eigenvalue weighted by Crippen LogP contribution is -2.51. The molecule has 8 nitrogen and oxygen atoms in total. The first kappa shape index (κ1) is 24.5. The van der Waals surface area contributed by atoms with Gasteiger partial charge < -0.3 is 19.3 Å². The molecule has 0 spiro atoms. The van der Waals surface area contributed by atoms with Gasteiger partial charge in [0.05, 0.1) is 13.7 Å². The van der Waals surface area contributed by atoms with Crippen LogP contribution in [0.1, 0.15) is 27.2 Å². The number of nitrogens with two attached hydrogens (primary N) is 1. The van der Waals surface area contributed by atoms with Gasteiger partial charge in [-0.3, -0.25) is 15.8 Å². The molecule has 1 unspecified atom stereocenters. The van der Waals surface area contributed by atoms with Gasteiger partial charge in [-0.15, -0.1) is 0 Å². The number of hydrogen-bond donors (Lipinski definition) is 3. The Kier molecular flexibility index (Phi) is 8.62. The van der Waals surface area contributed by atoms with Gasteiger partial charge in [-0.1, -0.05) is 35.0 Å². The van der Waals surface area contributed by atoms with Crippen LogP contribution in [0.2, 0.25) is 5.02 Å². The predicted octanol–water partition coefficient (Wildman–Crippen LogP) is 3.73. The Labute approximate surface area is 197 Å². The van der Waals surface area contributed by atoms with Crippen LogP contribution in [0.4, 0.5) is 0 Å². The second kappa shape index (κ2) is 11.6. The minimum Gasteiger partial charge on any atom is -0.497 e. The molecule has 33 heavy (non-hydrogen) atoms. The van der Waals surface area contributed by atoms with E-state index in [4.69, 9.17) is 31.3 Å². The van der Waals surface area contributed by atoms with Gasteiger partial charge >= 0.3 is 0 Å². The van der Waals surface area contributed by atoms with Gasteiger partial charge in [0.1, 0.15) is 29.1 Å². The van der Waals surface area contributed by atoms with Crippen LogP contribution in [0, 0.1) is 6.92 Å². The van der Waals surface area contributed by atoms with E-state index in [0.29, 0.717) is 40.9 Å². The van der Waals surface area contributed by atoms with Crippen LogP contribution in [-0.4, -0.2) is 38.2 Å². The second-order valence-corrected chi connectivity index (χ2v) is 7.71. The van der Waals surface area contributed by atoms with Crippen LogP contribution < -0.4 is 21.1 Å².